The number of hydrogen-bond donors (Lipinski definition) is 1. The number of hydrogen-bond acceptors (Lipinski definition) is 3. The van der Waals surface area contributed by atoms with Gasteiger partial charge in [-0.2, -0.15) is 0 Å². The van der Waals surface area contributed by atoms with Crippen molar-refractivity contribution >= 4 is 17.3 Å². The Morgan fingerprint density at radius 2 is 1.76 bits per heavy atom. The van der Waals surface area contributed by atoms with Gasteiger partial charge in [0, 0.05) is 37.6 Å². The fraction of sp³-hybridized carbons (Fsp3) is 0.588. The zero-order valence-electron chi connectivity index (χ0n) is 13.7. The molecule has 0 aliphatic carbocycles. The van der Waals surface area contributed by atoms with Crippen LogP contribution in [0.2, 0.25) is 0 Å². The SMILES string of the molecule is CCCN(CCC(=O)O)c1ccc(N(CC)CC)cc1C. The number of rotatable bonds is 9. The first-order valence-corrected chi connectivity index (χ1v) is 7.85. The van der Waals surface area contributed by atoms with E-state index in [-0.39, 0.29) is 6.42 Å². The van der Waals surface area contributed by atoms with E-state index in [1.54, 1.807) is 0 Å². The van der Waals surface area contributed by atoms with E-state index in [1.165, 1.54) is 11.3 Å². The summed E-state index contributed by atoms with van der Waals surface area (Å²) in [5.74, 6) is -0.742. The van der Waals surface area contributed by atoms with Crippen LogP contribution in [-0.4, -0.2) is 37.3 Å². The number of carboxylic acid groups (broad SMARTS) is 1. The van der Waals surface area contributed by atoms with E-state index in [1.807, 2.05) is 0 Å². The molecule has 0 spiro atoms. The second-order valence-electron chi connectivity index (χ2n) is 5.27. The van der Waals surface area contributed by atoms with Crippen LogP contribution in [0.5, 0.6) is 0 Å². The summed E-state index contributed by atoms with van der Waals surface area (Å²) in [4.78, 5) is 15.3. The van der Waals surface area contributed by atoms with Crippen LogP contribution in [0.3, 0.4) is 0 Å². The minimum Gasteiger partial charge on any atom is -0.481 e. The first-order chi connectivity index (χ1) is 10.0. The largest absolute Gasteiger partial charge is 0.481 e. The Kier molecular flexibility index (Phi) is 7.06. The van der Waals surface area contributed by atoms with Gasteiger partial charge < -0.3 is 14.9 Å². The van der Waals surface area contributed by atoms with E-state index in [0.717, 1.165) is 31.7 Å². The molecular weight excluding hydrogens is 264 g/mol. The number of aliphatic carboxylic acids is 1. The lowest BCUT2D eigenvalue weighted by molar-refractivity contribution is -0.136. The third kappa shape index (κ3) is 4.96. The molecule has 0 aromatic heterocycles. The van der Waals surface area contributed by atoms with Gasteiger partial charge in [-0.25, -0.2) is 0 Å². The molecule has 0 atom stereocenters. The van der Waals surface area contributed by atoms with Crippen molar-refractivity contribution < 1.29 is 9.90 Å². The van der Waals surface area contributed by atoms with Crippen LogP contribution in [0.1, 0.15) is 39.2 Å². The first kappa shape index (κ1) is 17.3. The minimum absolute atomic E-state index is 0.178. The summed E-state index contributed by atoms with van der Waals surface area (Å²) >= 11 is 0. The molecule has 0 amide bonds. The predicted molar refractivity (Wildman–Crippen MR) is 89.5 cm³/mol. The van der Waals surface area contributed by atoms with Crippen molar-refractivity contribution in [2.75, 3.05) is 36.0 Å². The first-order valence-electron chi connectivity index (χ1n) is 7.85. The fourth-order valence-electron chi connectivity index (χ4n) is 2.63. The minimum atomic E-state index is -0.742. The molecule has 0 unspecified atom stereocenters. The second-order valence-corrected chi connectivity index (χ2v) is 5.27. The quantitative estimate of drug-likeness (QED) is 0.756. The summed E-state index contributed by atoms with van der Waals surface area (Å²) in [6, 6.07) is 6.46. The molecular formula is C17H28N2O2. The number of carbonyl (C=O) groups is 1. The van der Waals surface area contributed by atoms with Gasteiger partial charge >= 0.3 is 5.97 Å². The second kappa shape index (κ2) is 8.55. The Morgan fingerprint density at radius 1 is 1.10 bits per heavy atom. The molecule has 1 aromatic carbocycles. The predicted octanol–water partition coefficient (Wildman–Crippen LogP) is 3.53. The lowest BCUT2D eigenvalue weighted by atomic mass is 10.1. The van der Waals surface area contributed by atoms with Gasteiger partial charge in [0.05, 0.1) is 6.42 Å². The monoisotopic (exact) mass is 292 g/mol. The fourth-order valence-corrected chi connectivity index (χ4v) is 2.63. The molecule has 1 aromatic rings. The number of nitrogens with zero attached hydrogens (tertiary/aromatic N) is 2. The van der Waals surface area contributed by atoms with E-state index in [9.17, 15) is 4.79 Å². The van der Waals surface area contributed by atoms with Gasteiger partial charge in [0.1, 0.15) is 0 Å². The molecule has 0 saturated heterocycles. The summed E-state index contributed by atoms with van der Waals surface area (Å²) < 4.78 is 0. The molecule has 0 saturated carbocycles. The van der Waals surface area contributed by atoms with Gasteiger partial charge in [-0.3, -0.25) is 4.79 Å². The van der Waals surface area contributed by atoms with Crippen molar-refractivity contribution in [1.29, 1.82) is 0 Å². The lowest BCUT2D eigenvalue weighted by Crippen LogP contribution is -2.28. The maximum absolute atomic E-state index is 10.8. The molecule has 1 N–H and O–H groups in total. The average molecular weight is 292 g/mol. The Labute approximate surface area is 128 Å². The number of aryl methyl sites for hydroxylation is 1. The topological polar surface area (TPSA) is 43.8 Å². The summed E-state index contributed by atoms with van der Waals surface area (Å²) in [6.45, 7) is 12.0. The Morgan fingerprint density at radius 3 is 2.24 bits per heavy atom. The van der Waals surface area contributed by atoms with Crippen molar-refractivity contribution in [2.45, 2.75) is 40.5 Å². The van der Waals surface area contributed by atoms with Gasteiger partial charge in [-0.05, 0) is 51.0 Å². The van der Waals surface area contributed by atoms with Crippen molar-refractivity contribution in [3.63, 3.8) is 0 Å². The normalized spacial score (nSPS) is 10.5. The smallest absolute Gasteiger partial charge is 0.305 e. The molecule has 0 bridgehead atoms. The molecule has 21 heavy (non-hydrogen) atoms. The number of benzene rings is 1. The van der Waals surface area contributed by atoms with E-state index < -0.39 is 5.97 Å². The van der Waals surface area contributed by atoms with Crippen LogP contribution in [0.25, 0.3) is 0 Å². The third-order valence-corrected chi connectivity index (χ3v) is 3.74. The molecule has 0 heterocycles. The number of anilines is 2. The van der Waals surface area contributed by atoms with Gasteiger partial charge in [-0.15, -0.1) is 0 Å². The standard InChI is InChI=1S/C17H28N2O2/c1-5-11-19(12-10-17(20)21)16-9-8-15(13-14(16)4)18(6-2)7-3/h8-9,13H,5-7,10-12H2,1-4H3,(H,20,21). The zero-order valence-corrected chi connectivity index (χ0v) is 13.7. The highest BCUT2D eigenvalue weighted by atomic mass is 16.4. The Bertz CT molecular complexity index is 456. The van der Waals surface area contributed by atoms with Gasteiger partial charge in [0.15, 0.2) is 0 Å². The molecule has 4 nitrogen and oxygen atoms in total. The highest BCUT2D eigenvalue weighted by Crippen LogP contribution is 2.26. The molecule has 0 aliphatic heterocycles. The summed E-state index contributed by atoms with van der Waals surface area (Å²) in [7, 11) is 0. The molecule has 0 radical (unpaired) electrons. The van der Waals surface area contributed by atoms with Crippen molar-refractivity contribution in [3.8, 4) is 0 Å². The van der Waals surface area contributed by atoms with E-state index in [4.69, 9.17) is 5.11 Å². The number of carboxylic acids is 1. The van der Waals surface area contributed by atoms with E-state index >= 15 is 0 Å². The van der Waals surface area contributed by atoms with Crippen molar-refractivity contribution in [3.05, 3.63) is 23.8 Å². The Hall–Kier alpha value is -1.71. The molecule has 0 fully saturated rings. The van der Waals surface area contributed by atoms with E-state index in [2.05, 4.69) is 55.7 Å². The van der Waals surface area contributed by atoms with Crippen LogP contribution in [-0.2, 0) is 4.79 Å². The highest BCUT2D eigenvalue weighted by Gasteiger charge is 2.12. The molecule has 0 aliphatic rings. The third-order valence-electron chi connectivity index (χ3n) is 3.74. The van der Waals surface area contributed by atoms with Gasteiger partial charge in [0.25, 0.3) is 0 Å². The van der Waals surface area contributed by atoms with Crippen molar-refractivity contribution in [2.24, 2.45) is 0 Å². The zero-order chi connectivity index (χ0) is 15.8. The van der Waals surface area contributed by atoms with Gasteiger partial charge in [0.2, 0.25) is 0 Å². The summed E-state index contributed by atoms with van der Waals surface area (Å²) in [5, 5.41) is 8.89. The molecule has 1 rings (SSSR count). The van der Waals surface area contributed by atoms with Crippen LogP contribution in [0, 0.1) is 6.92 Å². The highest BCUT2D eigenvalue weighted by molar-refractivity contribution is 5.68. The maximum Gasteiger partial charge on any atom is 0.305 e. The molecule has 118 valence electrons. The van der Waals surface area contributed by atoms with Gasteiger partial charge in [-0.1, -0.05) is 6.92 Å². The molecule has 4 heteroatoms. The van der Waals surface area contributed by atoms with Crippen LogP contribution >= 0.6 is 0 Å². The van der Waals surface area contributed by atoms with Crippen LogP contribution in [0.15, 0.2) is 18.2 Å². The van der Waals surface area contributed by atoms with Crippen LogP contribution < -0.4 is 9.80 Å². The summed E-state index contributed by atoms with van der Waals surface area (Å²) in [6.07, 6.45) is 1.19. The summed E-state index contributed by atoms with van der Waals surface area (Å²) in [5.41, 5.74) is 3.59. The van der Waals surface area contributed by atoms with Crippen molar-refractivity contribution in [1.82, 2.24) is 0 Å². The lowest BCUT2D eigenvalue weighted by Gasteiger charge is -2.28. The average Bonchev–Trinajstić information content (AvgIpc) is 2.45. The Balaban J connectivity index is 2.95. The van der Waals surface area contributed by atoms with E-state index in [0.29, 0.717) is 6.54 Å². The maximum atomic E-state index is 10.8. The van der Waals surface area contributed by atoms with Crippen LogP contribution in [0.4, 0.5) is 11.4 Å².